The van der Waals surface area contributed by atoms with Crippen LogP contribution >= 0.6 is 11.6 Å². The third-order valence-electron chi connectivity index (χ3n) is 17.3. The highest BCUT2D eigenvalue weighted by Gasteiger charge is 2.69. The molecule has 14 heteroatoms. The first kappa shape index (κ1) is 43.7. The summed E-state index contributed by atoms with van der Waals surface area (Å²) >= 11 is 5.85. The fourth-order valence-electron chi connectivity index (χ4n) is 13.7. The molecule has 6 fully saturated rings. The standard InChI is InChI=1S/C43H68ClNO12/c1-38(2)14-16-43(37(52)53)17-15-41(6)22(23(43)18-38)8-9-27-40(5)12-11-28(39(3,4)26(40)10-13-42(27,41)7)57-35-30(45-29(47)19-44)33(50)32(49)25(56-35)21-55-36-34(51)31(48)24(46)20-54-36/h8,23-28,30-36,46,48-51H,9-21H2,1-7H3,(H,45,47)(H,52,53)/t23-,24-,25+,26-,27+,28-,30+,31-,32+,33+,34+,35-,36-,40-,41+,42+,43-/m0/s1. The highest BCUT2D eigenvalue weighted by molar-refractivity contribution is 6.27. The SMILES string of the molecule is CC1(C)CC[C@]2(C(=O)O)CC[C@]3(C)C(=CC[C@@H]4[C@@]5(C)CC[C@H](O[C@@H]6O[C@H](CO[C@@H]7OC[C@H](O)[C@H](O)[C@H]7O)[C@@H](O)[C@H](O)[C@H]6NC(=O)CCl)C(C)(C)[C@@H]5CC[C@]43C)[C@@H]2C1. The molecule has 7 N–H and O–H groups in total. The number of halogens is 1. The number of hydrogen-bond donors (Lipinski definition) is 7. The number of alkyl halides is 1. The van der Waals surface area contributed by atoms with E-state index in [1.807, 2.05) is 0 Å². The average molecular weight is 826 g/mol. The Morgan fingerprint density at radius 1 is 0.860 bits per heavy atom. The number of amides is 1. The summed E-state index contributed by atoms with van der Waals surface area (Å²) in [5.74, 6) is -0.873. The first-order chi connectivity index (χ1) is 26.6. The number of carboxylic acid groups (broad SMARTS) is 1. The van der Waals surface area contributed by atoms with Gasteiger partial charge in [-0.15, -0.1) is 11.6 Å². The molecule has 7 aliphatic rings. The van der Waals surface area contributed by atoms with Gasteiger partial charge in [0.25, 0.3) is 0 Å². The topological polar surface area (TPSA) is 204 Å². The molecule has 324 valence electrons. The summed E-state index contributed by atoms with van der Waals surface area (Å²) in [6, 6.07) is -1.15. The lowest BCUT2D eigenvalue weighted by Crippen LogP contribution is -2.67. The molecular weight excluding hydrogens is 758 g/mol. The van der Waals surface area contributed by atoms with Crippen molar-refractivity contribution in [2.45, 2.75) is 174 Å². The van der Waals surface area contributed by atoms with E-state index in [1.54, 1.807) is 0 Å². The van der Waals surface area contributed by atoms with Gasteiger partial charge in [-0.2, -0.15) is 0 Å². The second-order valence-corrected chi connectivity index (χ2v) is 21.3. The van der Waals surface area contributed by atoms with Gasteiger partial charge in [-0.1, -0.05) is 60.1 Å². The Labute approximate surface area is 342 Å². The lowest BCUT2D eigenvalue weighted by Gasteiger charge is -2.71. The van der Waals surface area contributed by atoms with Crippen molar-refractivity contribution < 1.29 is 59.2 Å². The van der Waals surface area contributed by atoms with E-state index >= 15 is 0 Å². The molecule has 1 amide bonds. The quantitative estimate of drug-likeness (QED) is 0.106. The van der Waals surface area contributed by atoms with Crippen molar-refractivity contribution in [1.29, 1.82) is 0 Å². The molecule has 2 aliphatic heterocycles. The second-order valence-electron chi connectivity index (χ2n) is 21.0. The van der Waals surface area contributed by atoms with E-state index in [1.165, 1.54) is 5.57 Å². The van der Waals surface area contributed by atoms with Crippen molar-refractivity contribution in [3.05, 3.63) is 11.6 Å². The highest BCUT2D eigenvalue weighted by Crippen LogP contribution is 2.76. The van der Waals surface area contributed by atoms with Gasteiger partial charge in [0, 0.05) is 0 Å². The fourth-order valence-corrected chi connectivity index (χ4v) is 13.8. The van der Waals surface area contributed by atoms with E-state index in [4.69, 9.17) is 30.5 Å². The van der Waals surface area contributed by atoms with E-state index in [0.29, 0.717) is 12.3 Å². The number of fused-ring (bicyclic) bond motifs is 7. The van der Waals surface area contributed by atoms with Crippen LogP contribution in [0.25, 0.3) is 0 Å². The maximum absolute atomic E-state index is 13.1. The van der Waals surface area contributed by atoms with Gasteiger partial charge in [0.15, 0.2) is 12.6 Å². The number of nitrogens with one attached hydrogen (secondary N) is 1. The zero-order chi connectivity index (χ0) is 41.7. The Hall–Kier alpha value is -1.39. The molecule has 13 nitrogen and oxygen atoms in total. The number of aliphatic carboxylic acids is 1. The van der Waals surface area contributed by atoms with E-state index in [0.717, 1.165) is 57.8 Å². The van der Waals surface area contributed by atoms with E-state index < -0.39 is 72.5 Å². The van der Waals surface area contributed by atoms with Gasteiger partial charge < -0.3 is 54.9 Å². The molecule has 57 heavy (non-hydrogen) atoms. The van der Waals surface area contributed by atoms with Gasteiger partial charge >= 0.3 is 5.97 Å². The minimum atomic E-state index is -1.55. The maximum atomic E-state index is 13.1. The number of carbonyl (C=O) groups excluding carboxylic acids is 1. The number of aliphatic hydroxyl groups is 5. The first-order valence-corrected chi connectivity index (χ1v) is 21.8. The number of carbonyl (C=O) groups is 2. The van der Waals surface area contributed by atoms with Crippen molar-refractivity contribution in [3.63, 3.8) is 0 Å². The minimum Gasteiger partial charge on any atom is -0.481 e. The summed E-state index contributed by atoms with van der Waals surface area (Å²) in [5, 5.41) is 66.3. The van der Waals surface area contributed by atoms with Gasteiger partial charge in [-0.3, -0.25) is 9.59 Å². The van der Waals surface area contributed by atoms with Crippen LogP contribution in [-0.4, -0.2) is 123 Å². The zero-order valence-corrected chi connectivity index (χ0v) is 35.5. The van der Waals surface area contributed by atoms with Crippen molar-refractivity contribution in [2.75, 3.05) is 19.1 Å². The smallest absolute Gasteiger partial charge is 0.310 e. The Morgan fingerprint density at radius 3 is 2.25 bits per heavy atom. The van der Waals surface area contributed by atoms with Gasteiger partial charge in [0.05, 0.1) is 24.7 Å². The summed E-state index contributed by atoms with van der Waals surface area (Å²) in [6.07, 6.45) is -0.233. The predicted octanol–water partition coefficient (Wildman–Crippen LogP) is 3.88. The third kappa shape index (κ3) is 6.94. The molecule has 0 spiro atoms. The first-order valence-electron chi connectivity index (χ1n) is 21.3. The van der Waals surface area contributed by atoms with Crippen LogP contribution in [0.3, 0.4) is 0 Å². The molecule has 7 rings (SSSR count). The van der Waals surface area contributed by atoms with Gasteiger partial charge in [-0.25, -0.2) is 0 Å². The van der Waals surface area contributed by atoms with Crippen LogP contribution in [0.5, 0.6) is 0 Å². The van der Waals surface area contributed by atoms with Gasteiger partial charge in [-0.05, 0) is 109 Å². The van der Waals surface area contributed by atoms with Crippen LogP contribution in [0.4, 0.5) is 0 Å². The van der Waals surface area contributed by atoms with Crippen LogP contribution in [-0.2, 0) is 28.5 Å². The molecule has 2 heterocycles. The van der Waals surface area contributed by atoms with Gasteiger partial charge in [0.1, 0.15) is 48.5 Å². The summed E-state index contributed by atoms with van der Waals surface area (Å²) < 4.78 is 24.2. The Morgan fingerprint density at radius 2 is 1.56 bits per heavy atom. The van der Waals surface area contributed by atoms with Crippen molar-refractivity contribution in [1.82, 2.24) is 5.32 Å². The summed E-state index contributed by atoms with van der Waals surface area (Å²) in [7, 11) is 0. The molecule has 0 unspecified atom stereocenters. The summed E-state index contributed by atoms with van der Waals surface area (Å²) in [5.41, 5.74) is 0.286. The van der Waals surface area contributed by atoms with Crippen LogP contribution in [0.2, 0.25) is 0 Å². The molecule has 5 aliphatic carbocycles. The van der Waals surface area contributed by atoms with Crippen molar-refractivity contribution in [2.24, 2.45) is 50.2 Å². The number of hydrogen-bond acceptors (Lipinski definition) is 11. The largest absolute Gasteiger partial charge is 0.481 e. The number of rotatable bonds is 8. The minimum absolute atomic E-state index is 0.0149. The molecule has 0 aromatic rings. The molecule has 4 saturated carbocycles. The molecule has 0 aromatic carbocycles. The molecular formula is C43H68ClNO12. The van der Waals surface area contributed by atoms with Crippen molar-refractivity contribution >= 4 is 23.5 Å². The molecule has 0 radical (unpaired) electrons. The van der Waals surface area contributed by atoms with Crippen LogP contribution in [0.1, 0.15) is 113 Å². The number of aliphatic hydroxyl groups excluding tert-OH is 5. The molecule has 0 bridgehead atoms. The highest BCUT2D eigenvalue weighted by atomic mass is 35.5. The van der Waals surface area contributed by atoms with E-state index in [2.05, 4.69) is 59.9 Å². The maximum Gasteiger partial charge on any atom is 0.310 e. The Bertz CT molecular complexity index is 1580. The average Bonchev–Trinajstić information content (AvgIpc) is 3.14. The Balaban J connectivity index is 1.12. The zero-order valence-electron chi connectivity index (χ0n) is 34.8. The lowest BCUT2D eigenvalue weighted by molar-refractivity contribution is -0.322. The van der Waals surface area contributed by atoms with E-state index in [-0.39, 0.29) is 64.1 Å². The molecule has 2 saturated heterocycles. The summed E-state index contributed by atoms with van der Waals surface area (Å²) in [4.78, 5) is 25.7. The second kappa shape index (κ2) is 15.2. The molecule has 17 atom stereocenters. The monoisotopic (exact) mass is 825 g/mol. The number of carboxylic acids is 1. The van der Waals surface area contributed by atoms with Crippen LogP contribution in [0.15, 0.2) is 11.6 Å². The Kier molecular flexibility index (Phi) is 11.7. The lowest BCUT2D eigenvalue weighted by atomic mass is 9.33. The van der Waals surface area contributed by atoms with Crippen molar-refractivity contribution in [3.8, 4) is 0 Å². The van der Waals surface area contributed by atoms with Crippen LogP contribution < -0.4 is 5.32 Å². The fraction of sp³-hybridized carbons (Fsp3) is 0.907. The summed E-state index contributed by atoms with van der Waals surface area (Å²) in [6.45, 7) is 15.9. The van der Waals surface area contributed by atoms with Gasteiger partial charge in [0.2, 0.25) is 5.91 Å². The molecule has 0 aromatic heterocycles. The third-order valence-corrected chi connectivity index (χ3v) is 17.6. The number of allylic oxidation sites excluding steroid dienone is 2. The predicted molar refractivity (Wildman–Crippen MR) is 209 cm³/mol. The van der Waals surface area contributed by atoms with E-state index in [9.17, 15) is 40.2 Å². The van der Waals surface area contributed by atoms with Crippen LogP contribution in [0, 0.1) is 50.2 Å². The normalized spacial score (nSPS) is 50.3. The number of ether oxygens (including phenoxy) is 4.